The minimum Gasteiger partial charge on any atom is -0.324 e. The molecule has 6 heteroatoms. The number of nitrogens with zero attached hydrogens (tertiary/aromatic N) is 1. The highest BCUT2D eigenvalue weighted by Crippen LogP contribution is 2.27. The fourth-order valence-electron chi connectivity index (χ4n) is 2.93. The molecule has 3 amide bonds. The van der Waals surface area contributed by atoms with Crippen molar-refractivity contribution in [3.05, 3.63) is 65.5 Å². The van der Waals surface area contributed by atoms with E-state index in [0.717, 1.165) is 4.90 Å². The molecule has 0 aliphatic carbocycles. The number of nitrogens with one attached hydrogen (secondary N) is 1. The van der Waals surface area contributed by atoms with Gasteiger partial charge >= 0.3 is 0 Å². The molecule has 2 aromatic carbocycles. The molecule has 0 saturated carbocycles. The average Bonchev–Trinajstić information content (AvgIpc) is 2.83. The zero-order valence-corrected chi connectivity index (χ0v) is 13.8. The Hall–Kier alpha value is -3.02. The first-order valence-electron chi connectivity index (χ1n) is 7.93. The summed E-state index contributed by atoms with van der Waals surface area (Å²) in [4.78, 5) is 39.0. The summed E-state index contributed by atoms with van der Waals surface area (Å²) in [6.45, 7) is 3.52. The number of hydrogen-bond donors (Lipinski definition) is 1. The first-order chi connectivity index (χ1) is 11.9. The van der Waals surface area contributed by atoms with Gasteiger partial charge in [-0.2, -0.15) is 0 Å². The van der Waals surface area contributed by atoms with Crippen molar-refractivity contribution in [1.29, 1.82) is 0 Å². The molecule has 0 fully saturated rings. The molecule has 0 saturated heterocycles. The third-order valence-electron chi connectivity index (χ3n) is 4.12. The second-order valence-electron chi connectivity index (χ2n) is 6.21. The van der Waals surface area contributed by atoms with E-state index in [1.54, 1.807) is 38.1 Å². The zero-order valence-electron chi connectivity index (χ0n) is 13.8. The highest BCUT2D eigenvalue weighted by Gasteiger charge is 2.43. The van der Waals surface area contributed by atoms with Crippen LogP contribution in [0.15, 0.2) is 48.5 Å². The lowest BCUT2D eigenvalue weighted by Gasteiger charge is -2.28. The van der Waals surface area contributed by atoms with E-state index < -0.39 is 29.6 Å². The van der Waals surface area contributed by atoms with Crippen molar-refractivity contribution in [2.24, 2.45) is 5.92 Å². The van der Waals surface area contributed by atoms with Crippen LogP contribution >= 0.6 is 0 Å². The largest absolute Gasteiger partial charge is 0.324 e. The Morgan fingerprint density at radius 1 is 0.960 bits per heavy atom. The van der Waals surface area contributed by atoms with Gasteiger partial charge in [0, 0.05) is 5.69 Å². The van der Waals surface area contributed by atoms with Crippen LogP contribution in [0.25, 0.3) is 0 Å². The normalized spacial score (nSPS) is 14.6. The Labute approximate surface area is 144 Å². The van der Waals surface area contributed by atoms with Crippen LogP contribution < -0.4 is 5.32 Å². The average molecular weight is 340 g/mol. The van der Waals surface area contributed by atoms with Gasteiger partial charge in [-0.15, -0.1) is 0 Å². The summed E-state index contributed by atoms with van der Waals surface area (Å²) in [5.74, 6) is -2.15. The molecule has 1 N–H and O–H groups in total. The molecular formula is C19H17FN2O3. The summed E-state index contributed by atoms with van der Waals surface area (Å²) in [6, 6.07) is 10.8. The smallest absolute Gasteiger partial charge is 0.262 e. The maximum Gasteiger partial charge on any atom is 0.262 e. The lowest BCUT2D eigenvalue weighted by Crippen LogP contribution is -2.50. The summed E-state index contributed by atoms with van der Waals surface area (Å²) in [6.07, 6.45) is 0. The molecule has 5 nitrogen and oxygen atoms in total. The van der Waals surface area contributed by atoms with E-state index in [0.29, 0.717) is 16.8 Å². The quantitative estimate of drug-likeness (QED) is 0.870. The number of carbonyl (C=O) groups excluding carboxylic acids is 3. The highest BCUT2D eigenvalue weighted by atomic mass is 19.1. The van der Waals surface area contributed by atoms with Crippen LogP contribution in [-0.2, 0) is 4.79 Å². The Bertz CT molecular complexity index is 811. The summed E-state index contributed by atoms with van der Waals surface area (Å²) < 4.78 is 13.0. The first kappa shape index (κ1) is 16.8. The number of rotatable bonds is 4. The number of anilines is 1. The van der Waals surface area contributed by atoms with Crippen molar-refractivity contribution >= 4 is 23.4 Å². The van der Waals surface area contributed by atoms with E-state index in [1.165, 1.54) is 24.3 Å². The predicted octanol–water partition coefficient (Wildman–Crippen LogP) is 3.09. The highest BCUT2D eigenvalue weighted by molar-refractivity contribution is 6.23. The standard InChI is InChI=1S/C19H17FN2O3/c1-11(2)16(17(23)21-13-9-7-12(20)8-10-13)22-18(24)14-5-3-4-6-15(14)19(22)25/h3-11,16H,1-2H3,(H,21,23)/t16-/m0/s1. The van der Waals surface area contributed by atoms with Gasteiger partial charge in [-0.05, 0) is 42.3 Å². The van der Waals surface area contributed by atoms with Crippen LogP contribution in [0, 0.1) is 11.7 Å². The molecule has 0 aromatic heterocycles. The molecule has 0 unspecified atom stereocenters. The van der Waals surface area contributed by atoms with E-state index in [2.05, 4.69) is 5.32 Å². The van der Waals surface area contributed by atoms with Crippen molar-refractivity contribution in [2.45, 2.75) is 19.9 Å². The number of hydrogen-bond acceptors (Lipinski definition) is 3. The molecule has 0 radical (unpaired) electrons. The molecule has 25 heavy (non-hydrogen) atoms. The molecule has 0 spiro atoms. The lowest BCUT2D eigenvalue weighted by molar-refractivity contribution is -0.121. The number of halogens is 1. The van der Waals surface area contributed by atoms with E-state index in [1.807, 2.05) is 0 Å². The Balaban J connectivity index is 1.89. The number of imide groups is 1. The number of fused-ring (bicyclic) bond motifs is 1. The fourth-order valence-corrected chi connectivity index (χ4v) is 2.93. The topological polar surface area (TPSA) is 66.5 Å². The third-order valence-corrected chi connectivity index (χ3v) is 4.12. The van der Waals surface area contributed by atoms with Gasteiger partial charge in [-0.3, -0.25) is 19.3 Å². The van der Waals surface area contributed by atoms with Gasteiger partial charge in [-0.25, -0.2) is 4.39 Å². The Kier molecular flexibility index (Phi) is 4.35. The molecule has 1 heterocycles. The van der Waals surface area contributed by atoms with Crippen LogP contribution in [0.5, 0.6) is 0 Å². The summed E-state index contributed by atoms with van der Waals surface area (Å²) in [7, 11) is 0. The van der Waals surface area contributed by atoms with Crippen molar-refractivity contribution in [3.63, 3.8) is 0 Å². The van der Waals surface area contributed by atoms with Gasteiger partial charge in [0.05, 0.1) is 11.1 Å². The lowest BCUT2D eigenvalue weighted by atomic mass is 10.0. The second kappa shape index (κ2) is 6.47. The predicted molar refractivity (Wildman–Crippen MR) is 90.6 cm³/mol. The maximum atomic E-state index is 13.0. The molecular weight excluding hydrogens is 323 g/mol. The zero-order chi connectivity index (χ0) is 18.1. The molecule has 128 valence electrons. The van der Waals surface area contributed by atoms with Crippen LogP contribution in [0.1, 0.15) is 34.6 Å². The minimum absolute atomic E-state index is 0.289. The molecule has 3 rings (SSSR count). The number of amides is 3. The maximum absolute atomic E-state index is 13.0. The van der Waals surface area contributed by atoms with Crippen LogP contribution in [0.4, 0.5) is 10.1 Å². The third kappa shape index (κ3) is 3.03. The van der Waals surface area contributed by atoms with Crippen LogP contribution in [-0.4, -0.2) is 28.7 Å². The van der Waals surface area contributed by atoms with Gasteiger partial charge < -0.3 is 5.32 Å². The summed E-state index contributed by atoms with van der Waals surface area (Å²) >= 11 is 0. The van der Waals surface area contributed by atoms with Crippen molar-refractivity contribution in [2.75, 3.05) is 5.32 Å². The van der Waals surface area contributed by atoms with E-state index >= 15 is 0 Å². The van der Waals surface area contributed by atoms with Gasteiger partial charge in [0.25, 0.3) is 11.8 Å². The van der Waals surface area contributed by atoms with Crippen molar-refractivity contribution in [3.8, 4) is 0 Å². The van der Waals surface area contributed by atoms with E-state index in [-0.39, 0.29) is 5.92 Å². The van der Waals surface area contributed by atoms with Gasteiger partial charge in [-0.1, -0.05) is 26.0 Å². The molecule has 2 aromatic rings. The Morgan fingerprint density at radius 2 is 1.48 bits per heavy atom. The molecule has 1 atom stereocenters. The van der Waals surface area contributed by atoms with Crippen LogP contribution in [0.3, 0.4) is 0 Å². The fraction of sp³-hybridized carbons (Fsp3) is 0.211. The SMILES string of the molecule is CC(C)[C@@H](C(=O)Nc1ccc(F)cc1)N1C(=O)c2ccccc2C1=O. The number of benzene rings is 2. The molecule has 1 aliphatic heterocycles. The van der Waals surface area contributed by atoms with Crippen LogP contribution in [0.2, 0.25) is 0 Å². The van der Waals surface area contributed by atoms with Gasteiger partial charge in [0.1, 0.15) is 11.9 Å². The van der Waals surface area contributed by atoms with Gasteiger partial charge in [0.15, 0.2) is 0 Å². The second-order valence-corrected chi connectivity index (χ2v) is 6.21. The van der Waals surface area contributed by atoms with E-state index in [9.17, 15) is 18.8 Å². The molecule has 0 bridgehead atoms. The molecule has 1 aliphatic rings. The summed E-state index contributed by atoms with van der Waals surface area (Å²) in [5, 5.41) is 2.64. The van der Waals surface area contributed by atoms with E-state index in [4.69, 9.17) is 0 Å². The van der Waals surface area contributed by atoms with Gasteiger partial charge in [0.2, 0.25) is 5.91 Å². The number of carbonyl (C=O) groups is 3. The van der Waals surface area contributed by atoms with Crippen molar-refractivity contribution in [1.82, 2.24) is 4.90 Å². The first-order valence-corrected chi connectivity index (χ1v) is 7.93. The monoisotopic (exact) mass is 340 g/mol. The van der Waals surface area contributed by atoms with Crippen molar-refractivity contribution < 1.29 is 18.8 Å². The summed E-state index contributed by atoms with van der Waals surface area (Å²) in [5.41, 5.74) is 0.995. The Morgan fingerprint density at radius 3 is 1.96 bits per heavy atom. The minimum atomic E-state index is -0.961.